The fourth-order valence-corrected chi connectivity index (χ4v) is 2.36. The van der Waals surface area contributed by atoms with Crippen LogP contribution in [0.15, 0.2) is 0 Å². The number of nitrogens with one attached hydrogen (secondary N) is 1. The molecule has 0 bridgehead atoms. The van der Waals surface area contributed by atoms with Gasteiger partial charge in [-0.1, -0.05) is 13.8 Å². The van der Waals surface area contributed by atoms with E-state index >= 15 is 0 Å². The Bertz CT molecular complexity index is 172. The number of hydrogen-bond donors (Lipinski definition) is 1. The number of rotatable bonds is 0. The van der Waals surface area contributed by atoms with Gasteiger partial charge in [-0.25, -0.2) is 0 Å². The number of ether oxygens (including phenoxy) is 1. The molecule has 2 heterocycles. The second kappa shape index (κ2) is 4.16. The third-order valence-corrected chi connectivity index (χ3v) is 3.11. The molecule has 0 amide bonds. The van der Waals surface area contributed by atoms with Crippen LogP contribution in [0.3, 0.4) is 0 Å². The Kier molecular flexibility index (Phi) is 3.61. The van der Waals surface area contributed by atoms with E-state index in [0.717, 1.165) is 25.6 Å². The van der Waals surface area contributed by atoms with E-state index in [1.165, 1.54) is 12.8 Å². The quantitative estimate of drug-likeness (QED) is 0.652. The summed E-state index contributed by atoms with van der Waals surface area (Å²) in [5, 5.41) is 3.53. The fourth-order valence-electron chi connectivity index (χ4n) is 2.36. The molecule has 2 fully saturated rings. The predicted octanol–water partition coefficient (Wildman–Crippen LogP) is 1.83. The summed E-state index contributed by atoms with van der Waals surface area (Å²) < 4.78 is 5.73. The summed E-state index contributed by atoms with van der Waals surface area (Å²) in [5.74, 6) is 0.784. The average Bonchev–Trinajstić information content (AvgIpc) is 2.31. The van der Waals surface area contributed by atoms with Crippen LogP contribution in [0.1, 0.15) is 26.7 Å². The van der Waals surface area contributed by atoms with Crippen molar-refractivity contribution in [3.8, 4) is 0 Å². The largest absolute Gasteiger partial charge is 0.378 e. The van der Waals surface area contributed by atoms with Gasteiger partial charge in [0.05, 0.1) is 6.10 Å². The summed E-state index contributed by atoms with van der Waals surface area (Å²) in [5.41, 5.74) is 0.420. The lowest BCUT2D eigenvalue weighted by atomic mass is 9.85. The highest BCUT2D eigenvalue weighted by Gasteiger charge is 2.35. The summed E-state index contributed by atoms with van der Waals surface area (Å²) in [6, 6.07) is 0. The van der Waals surface area contributed by atoms with Gasteiger partial charge in [-0.05, 0) is 24.2 Å². The minimum absolute atomic E-state index is 0. The van der Waals surface area contributed by atoms with E-state index in [1.54, 1.807) is 0 Å². The molecule has 2 rings (SSSR count). The zero-order valence-corrected chi connectivity index (χ0v) is 9.32. The standard InChI is InChI=1S/C10H19NO.ClH/c1-10(2)5-9-8(3-4-12-9)6-11-7-10;/h8-9,11H,3-7H2,1-2H3;1H/t8-,9+;/m0./s1. The first-order valence-corrected chi connectivity index (χ1v) is 5.00. The third kappa shape index (κ3) is 2.58. The molecule has 2 saturated heterocycles. The normalized spacial score (nSPS) is 37.4. The van der Waals surface area contributed by atoms with Crippen LogP contribution < -0.4 is 5.32 Å². The van der Waals surface area contributed by atoms with Gasteiger partial charge in [0.15, 0.2) is 0 Å². The van der Waals surface area contributed by atoms with Gasteiger partial charge in [-0.3, -0.25) is 0 Å². The van der Waals surface area contributed by atoms with Crippen LogP contribution in [0.25, 0.3) is 0 Å². The van der Waals surface area contributed by atoms with Crippen molar-refractivity contribution in [2.24, 2.45) is 11.3 Å². The zero-order valence-electron chi connectivity index (χ0n) is 8.51. The molecule has 13 heavy (non-hydrogen) atoms. The second-order valence-electron chi connectivity index (χ2n) is 4.96. The molecule has 0 aromatic carbocycles. The Morgan fingerprint density at radius 3 is 2.92 bits per heavy atom. The van der Waals surface area contributed by atoms with Crippen molar-refractivity contribution < 1.29 is 4.74 Å². The molecular weight excluding hydrogens is 186 g/mol. The average molecular weight is 206 g/mol. The van der Waals surface area contributed by atoms with E-state index in [4.69, 9.17) is 4.74 Å². The van der Waals surface area contributed by atoms with Crippen molar-refractivity contribution in [2.45, 2.75) is 32.8 Å². The number of hydrogen-bond acceptors (Lipinski definition) is 2. The minimum atomic E-state index is 0. The van der Waals surface area contributed by atoms with Gasteiger partial charge in [-0.15, -0.1) is 12.4 Å². The highest BCUT2D eigenvalue weighted by atomic mass is 35.5. The fraction of sp³-hybridized carbons (Fsp3) is 1.00. The molecule has 2 nitrogen and oxygen atoms in total. The van der Waals surface area contributed by atoms with E-state index in [-0.39, 0.29) is 12.4 Å². The summed E-state index contributed by atoms with van der Waals surface area (Å²) in [7, 11) is 0. The molecule has 78 valence electrons. The van der Waals surface area contributed by atoms with Crippen molar-refractivity contribution in [1.29, 1.82) is 0 Å². The molecule has 0 aromatic rings. The van der Waals surface area contributed by atoms with Crippen molar-refractivity contribution in [1.82, 2.24) is 5.32 Å². The van der Waals surface area contributed by atoms with Crippen molar-refractivity contribution >= 4 is 12.4 Å². The molecule has 0 aliphatic carbocycles. The maximum Gasteiger partial charge on any atom is 0.0621 e. The van der Waals surface area contributed by atoms with Crippen LogP contribution >= 0.6 is 12.4 Å². The van der Waals surface area contributed by atoms with Gasteiger partial charge in [-0.2, -0.15) is 0 Å². The van der Waals surface area contributed by atoms with Gasteiger partial charge < -0.3 is 10.1 Å². The first kappa shape index (κ1) is 11.3. The molecule has 1 N–H and O–H groups in total. The first-order chi connectivity index (χ1) is 5.67. The number of fused-ring (bicyclic) bond motifs is 1. The Labute approximate surface area is 86.8 Å². The lowest BCUT2D eigenvalue weighted by molar-refractivity contribution is 0.0634. The second-order valence-corrected chi connectivity index (χ2v) is 4.96. The summed E-state index contributed by atoms with van der Waals surface area (Å²) in [4.78, 5) is 0. The maximum absolute atomic E-state index is 5.73. The molecule has 0 saturated carbocycles. The summed E-state index contributed by atoms with van der Waals surface area (Å²) in [6.45, 7) is 7.93. The Morgan fingerprint density at radius 2 is 2.15 bits per heavy atom. The van der Waals surface area contributed by atoms with Crippen LogP contribution in [0.4, 0.5) is 0 Å². The van der Waals surface area contributed by atoms with E-state index in [9.17, 15) is 0 Å². The van der Waals surface area contributed by atoms with Gasteiger partial charge in [0.2, 0.25) is 0 Å². The van der Waals surface area contributed by atoms with Crippen LogP contribution in [-0.2, 0) is 4.74 Å². The van der Waals surface area contributed by atoms with Crippen LogP contribution in [0.2, 0.25) is 0 Å². The van der Waals surface area contributed by atoms with Crippen LogP contribution in [0, 0.1) is 11.3 Å². The van der Waals surface area contributed by atoms with Gasteiger partial charge in [0, 0.05) is 19.7 Å². The van der Waals surface area contributed by atoms with Gasteiger partial charge in [0.25, 0.3) is 0 Å². The maximum atomic E-state index is 5.73. The third-order valence-electron chi connectivity index (χ3n) is 3.11. The first-order valence-electron chi connectivity index (χ1n) is 5.00. The lowest BCUT2D eigenvalue weighted by Gasteiger charge is -2.25. The van der Waals surface area contributed by atoms with E-state index in [1.807, 2.05) is 0 Å². The predicted molar refractivity (Wildman–Crippen MR) is 56.4 cm³/mol. The molecule has 0 radical (unpaired) electrons. The molecule has 0 spiro atoms. The summed E-state index contributed by atoms with van der Waals surface area (Å²) >= 11 is 0. The van der Waals surface area contributed by atoms with E-state index in [0.29, 0.717) is 11.5 Å². The highest BCUT2D eigenvalue weighted by Crippen LogP contribution is 2.33. The zero-order chi connectivity index (χ0) is 8.60. The molecule has 3 heteroatoms. The van der Waals surface area contributed by atoms with Crippen molar-refractivity contribution in [3.63, 3.8) is 0 Å². The van der Waals surface area contributed by atoms with E-state index in [2.05, 4.69) is 19.2 Å². The Balaban J connectivity index is 0.000000845. The molecule has 0 unspecified atom stereocenters. The van der Waals surface area contributed by atoms with Gasteiger partial charge in [0.1, 0.15) is 0 Å². The lowest BCUT2D eigenvalue weighted by Crippen LogP contribution is -2.28. The molecular formula is C10H20ClNO. The van der Waals surface area contributed by atoms with Crippen LogP contribution in [-0.4, -0.2) is 25.8 Å². The molecule has 2 aliphatic rings. The molecule has 2 aliphatic heterocycles. The Morgan fingerprint density at radius 1 is 1.38 bits per heavy atom. The Hall–Kier alpha value is 0.210. The topological polar surface area (TPSA) is 21.3 Å². The van der Waals surface area contributed by atoms with Crippen molar-refractivity contribution in [2.75, 3.05) is 19.7 Å². The van der Waals surface area contributed by atoms with Crippen molar-refractivity contribution in [3.05, 3.63) is 0 Å². The molecule has 0 aromatic heterocycles. The van der Waals surface area contributed by atoms with Gasteiger partial charge >= 0.3 is 0 Å². The van der Waals surface area contributed by atoms with Crippen LogP contribution in [0.5, 0.6) is 0 Å². The van der Waals surface area contributed by atoms with E-state index < -0.39 is 0 Å². The SMILES string of the molecule is CC1(C)CNC[C@@H]2CCO[C@@H]2C1.Cl. The smallest absolute Gasteiger partial charge is 0.0621 e. The molecule has 2 atom stereocenters. The monoisotopic (exact) mass is 205 g/mol. The highest BCUT2D eigenvalue weighted by molar-refractivity contribution is 5.85. The minimum Gasteiger partial charge on any atom is -0.378 e. The summed E-state index contributed by atoms with van der Waals surface area (Å²) in [6.07, 6.45) is 3.02. The number of halogens is 1.